The molecule has 1 aliphatic heterocycles. The van der Waals surface area contributed by atoms with Crippen LogP contribution in [0, 0.1) is 11.6 Å². The number of halogens is 2. The Balaban J connectivity index is 2.17. The summed E-state index contributed by atoms with van der Waals surface area (Å²) >= 11 is 0. The number of carbonyl (C=O) groups excluding carboxylic acids is 2. The molecule has 0 saturated heterocycles. The number of ether oxygens (including phenoxy) is 2. The fourth-order valence-electron chi connectivity index (χ4n) is 2.73. The third-order valence-corrected chi connectivity index (χ3v) is 3.89. The highest BCUT2D eigenvalue weighted by molar-refractivity contribution is 5.90. The van der Waals surface area contributed by atoms with Crippen LogP contribution in [0.2, 0.25) is 0 Å². The lowest BCUT2D eigenvalue weighted by Crippen LogP contribution is -2.26. The number of nitrogens with zero attached hydrogens (tertiary/aromatic N) is 1. The van der Waals surface area contributed by atoms with Crippen molar-refractivity contribution in [3.63, 3.8) is 0 Å². The molecule has 0 spiro atoms. The molecule has 25 heavy (non-hydrogen) atoms. The van der Waals surface area contributed by atoms with Gasteiger partial charge in [0.25, 0.3) is 0 Å². The van der Waals surface area contributed by atoms with E-state index >= 15 is 0 Å². The molecule has 0 amide bonds. The number of hydrogen-bond acceptors (Lipinski definition) is 5. The molecule has 2 heterocycles. The summed E-state index contributed by atoms with van der Waals surface area (Å²) in [5.74, 6) is -2.06. The monoisotopic (exact) mass is 347 g/mol. The number of pyridine rings is 1. The third-order valence-electron chi connectivity index (χ3n) is 3.89. The highest BCUT2D eigenvalue weighted by Crippen LogP contribution is 2.36. The Bertz CT molecular complexity index is 838. The van der Waals surface area contributed by atoms with E-state index in [0.717, 1.165) is 12.1 Å². The molecule has 0 aliphatic carbocycles. The fourth-order valence-corrected chi connectivity index (χ4v) is 2.73. The first-order chi connectivity index (χ1) is 12.0. The van der Waals surface area contributed by atoms with Crippen molar-refractivity contribution in [3.05, 3.63) is 47.2 Å². The summed E-state index contributed by atoms with van der Waals surface area (Å²) in [6.45, 7) is 1.80. The molecule has 1 atom stereocenters. The Morgan fingerprint density at radius 3 is 2.84 bits per heavy atom. The number of benzene rings is 1. The van der Waals surface area contributed by atoms with Gasteiger partial charge in [-0.3, -0.25) is 4.79 Å². The van der Waals surface area contributed by atoms with Gasteiger partial charge in [-0.05, 0) is 43.5 Å². The average Bonchev–Trinajstić information content (AvgIpc) is 2.60. The van der Waals surface area contributed by atoms with Crippen LogP contribution >= 0.6 is 0 Å². The zero-order valence-corrected chi connectivity index (χ0v) is 13.4. The number of hydrogen-bond donors (Lipinski definition) is 0. The lowest BCUT2D eigenvalue weighted by molar-refractivity contribution is -0.114. The first kappa shape index (κ1) is 17.0. The summed E-state index contributed by atoms with van der Waals surface area (Å²) in [4.78, 5) is 27.1. The van der Waals surface area contributed by atoms with Gasteiger partial charge in [-0.2, -0.15) is 0 Å². The van der Waals surface area contributed by atoms with Gasteiger partial charge in [0.15, 0.2) is 18.1 Å². The molecule has 0 fully saturated rings. The topological polar surface area (TPSA) is 65.5 Å². The summed E-state index contributed by atoms with van der Waals surface area (Å²) in [6.07, 6.45) is 0.802. The lowest BCUT2D eigenvalue weighted by Gasteiger charge is -2.24. The number of carbonyl (C=O) groups is 2. The maximum atomic E-state index is 14.3. The first-order valence-corrected chi connectivity index (χ1v) is 7.82. The van der Waals surface area contributed by atoms with Crippen LogP contribution in [-0.4, -0.2) is 30.0 Å². The maximum Gasteiger partial charge on any atom is 0.357 e. The fraction of sp³-hybridized carbons (Fsp3) is 0.278. The van der Waals surface area contributed by atoms with Gasteiger partial charge in [-0.25, -0.2) is 18.6 Å². The van der Waals surface area contributed by atoms with E-state index < -0.39 is 23.7 Å². The van der Waals surface area contributed by atoms with E-state index in [4.69, 9.17) is 9.47 Å². The summed E-state index contributed by atoms with van der Waals surface area (Å²) < 4.78 is 37.9. The van der Waals surface area contributed by atoms with Crippen molar-refractivity contribution in [2.75, 3.05) is 6.61 Å². The number of rotatable bonds is 4. The van der Waals surface area contributed by atoms with Gasteiger partial charge in [-0.1, -0.05) is 0 Å². The summed E-state index contributed by atoms with van der Waals surface area (Å²) in [7, 11) is 0. The van der Waals surface area contributed by atoms with Crippen molar-refractivity contribution in [1.82, 2.24) is 4.98 Å². The minimum absolute atomic E-state index is 0.0640. The van der Waals surface area contributed by atoms with E-state index in [9.17, 15) is 18.4 Å². The van der Waals surface area contributed by atoms with Crippen molar-refractivity contribution in [2.45, 2.75) is 25.9 Å². The van der Waals surface area contributed by atoms with Crippen LogP contribution in [0.3, 0.4) is 0 Å². The molecule has 0 radical (unpaired) electrons. The molecule has 0 N–H and O–H groups in total. The van der Waals surface area contributed by atoms with Gasteiger partial charge < -0.3 is 9.47 Å². The second kappa shape index (κ2) is 6.96. The molecular formula is C18H15F2NO4. The molecule has 130 valence electrons. The van der Waals surface area contributed by atoms with Gasteiger partial charge in [0.2, 0.25) is 5.88 Å². The van der Waals surface area contributed by atoms with E-state index in [0.29, 0.717) is 30.3 Å². The quantitative estimate of drug-likeness (QED) is 0.628. The van der Waals surface area contributed by atoms with Gasteiger partial charge in [0.1, 0.15) is 11.6 Å². The maximum absolute atomic E-state index is 14.3. The standard InChI is InChI=1S/C18H15F2NO4/c1-2-24-18(23)16-8-14(12-5-3-10(19)7-15(12)20)13-6-4-11(9-22)25-17(13)21-16/h3,5,7-9,11H,2,4,6H2,1H3. The number of aromatic nitrogens is 1. The third kappa shape index (κ3) is 3.35. The molecule has 2 aromatic rings. The molecule has 3 rings (SSSR count). The summed E-state index contributed by atoms with van der Waals surface area (Å²) in [5, 5.41) is 0. The van der Waals surface area contributed by atoms with Crippen molar-refractivity contribution in [1.29, 1.82) is 0 Å². The predicted molar refractivity (Wildman–Crippen MR) is 84.3 cm³/mol. The van der Waals surface area contributed by atoms with Crippen LogP contribution in [0.5, 0.6) is 5.88 Å². The minimum atomic E-state index is -0.763. The Kier molecular flexibility index (Phi) is 4.74. The van der Waals surface area contributed by atoms with E-state index in [1.54, 1.807) is 6.92 Å². The van der Waals surface area contributed by atoms with Crippen LogP contribution in [-0.2, 0) is 16.0 Å². The lowest BCUT2D eigenvalue weighted by atomic mass is 9.94. The zero-order valence-electron chi connectivity index (χ0n) is 13.4. The summed E-state index contributed by atoms with van der Waals surface area (Å²) in [6, 6.07) is 4.59. The molecule has 0 bridgehead atoms. The van der Waals surface area contributed by atoms with Gasteiger partial charge >= 0.3 is 5.97 Å². The second-order valence-electron chi connectivity index (χ2n) is 5.51. The Morgan fingerprint density at radius 1 is 1.36 bits per heavy atom. The highest BCUT2D eigenvalue weighted by Gasteiger charge is 2.27. The Morgan fingerprint density at radius 2 is 2.16 bits per heavy atom. The number of fused-ring (bicyclic) bond motifs is 1. The van der Waals surface area contributed by atoms with Crippen molar-refractivity contribution >= 4 is 12.3 Å². The first-order valence-electron chi connectivity index (χ1n) is 7.82. The van der Waals surface area contributed by atoms with Crippen molar-refractivity contribution in [2.24, 2.45) is 0 Å². The normalized spacial score (nSPS) is 15.9. The van der Waals surface area contributed by atoms with E-state index in [2.05, 4.69) is 4.98 Å². The van der Waals surface area contributed by atoms with Gasteiger partial charge in [0.05, 0.1) is 6.61 Å². The van der Waals surface area contributed by atoms with Crippen molar-refractivity contribution < 1.29 is 27.8 Å². The second-order valence-corrected chi connectivity index (χ2v) is 5.51. The van der Waals surface area contributed by atoms with E-state index in [-0.39, 0.29) is 23.7 Å². The Hall–Kier alpha value is -2.83. The zero-order chi connectivity index (χ0) is 18.0. The molecule has 5 nitrogen and oxygen atoms in total. The smallest absolute Gasteiger partial charge is 0.357 e. The largest absolute Gasteiger partial charge is 0.466 e. The predicted octanol–water partition coefficient (Wildman–Crippen LogP) is 3.10. The Labute approximate surface area is 142 Å². The van der Waals surface area contributed by atoms with Crippen LogP contribution in [0.4, 0.5) is 8.78 Å². The van der Waals surface area contributed by atoms with Crippen LogP contribution in [0.15, 0.2) is 24.3 Å². The van der Waals surface area contributed by atoms with E-state index in [1.165, 1.54) is 12.1 Å². The van der Waals surface area contributed by atoms with Gasteiger partial charge in [0, 0.05) is 17.2 Å². The van der Waals surface area contributed by atoms with Crippen LogP contribution in [0.1, 0.15) is 29.4 Å². The SMILES string of the molecule is CCOC(=O)c1cc(-c2ccc(F)cc2F)c2c(n1)OC(C=O)CC2. The molecular weight excluding hydrogens is 332 g/mol. The van der Waals surface area contributed by atoms with E-state index in [1.807, 2.05) is 0 Å². The summed E-state index contributed by atoms with van der Waals surface area (Å²) in [5.41, 5.74) is 0.996. The average molecular weight is 347 g/mol. The molecule has 1 unspecified atom stereocenters. The molecule has 1 aromatic heterocycles. The van der Waals surface area contributed by atoms with Gasteiger partial charge in [-0.15, -0.1) is 0 Å². The van der Waals surface area contributed by atoms with Crippen LogP contribution < -0.4 is 4.74 Å². The van der Waals surface area contributed by atoms with Crippen molar-refractivity contribution in [3.8, 4) is 17.0 Å². The number of aldehydes is 1. The molecule has 1 aromatic carbocycles. The minimum Gasteiger partial charge on any atom is -0.466 e. The molecule has 1 aliphatic rings. The molecule has 7 heteroatoms. The number of esters is 1. The molecule has 0 saturated carbocycles. The highest BCUT2D eigenvalue weighted by atomic mass is 19.1. The van der Waals surface area contributed by atoms with Crippen LogP contribution in [0.25, 0.3) is 11.1 Å².